The molecule has 150 valence electrons. The third kappa shape index (κ3) is 12.8. The second-order valence-corrected chi connectivity index (χ2v) is 8.42. The highest BCUT2D eigenvalue weighted by Crippen LogP contribution is 1.99. The van der Waals surface area contributed by atoms with Crippen LogP contribution in [0.3, 0.4) is 0 Å². The zero-order valence-corrected chi connectivity index (χ0v) is 19.5. The number of nitrogens with zero attached hydrogens (tertiary/aromatic N) is 1. The van der Waals surface area contributed by atoms with E-state index < -0.39 is 10.0 Å². The fourth-order valence-electron chi connectivity index (χ4n) is 2.06. The number of unbranched alkanes of at least 4 members (excludes halogenated alkanes) is 1. The van der Waals surface area contributed by atoms with Gasteiger partial charge in [-0.15, -0.1) is 24.0 Å². The molecule has 0 saturated carbocycles. The van der Waals surface area contributed by atoms with E-state index in [1.165, 1.54) is 0 Å². The van der Waals surface area contributed by atoms with E-state index in [9.17, 15) is 8.42 Å². The molecule has 0 radical (unpaired) electrons. The zero-order valence-electron chi connectivity index (χ0n) is 15.5. The molecule has 0 atom stereocenters. The van der Waals surface area contributed by atoms with Gasteiger partial charge >= 0.3 is 0 Å². The van der Waals surface area contributed by atoms with Crippen LogP contribution in [0.15, 0.2) is 35.3 Å². The van der Waals surface area contributed by atoms with Crippen LogP contribution in [0.2, 0.25) is 0 Å². The molecule has 0 aliphatic rings. The van der Waals surface area contributed by atoms with Gasteiger partial charge in [-0.2, -0.15) is 11.8 Å². The van der Waals surface area contributed by atoms with Crippen LogP contribution >= 0.6 is 35.7 Å². The van der Waals surface area contributed by atoms with E-state index in [-0.39, 0.29) is 29.7 Å². The molecule has 0 aliphatic heterocycles. The molecular formula is C17H31IN4O2S2. The Morgan fingerprint density at radius 2 is 1.88 bits per heavy atom. The maximum atomic E-state index is 12.1. The summed E-state index contributed by atoms with van der Waals surface area (Å²) in [7, 11) is -3.32. The summed E-state index contributed by atoms with van der Waals surface area (Å²) in [5.74, 6) is 1.83. The summed E-state index contributed by atoms with van der Waals surface area (Å²) in [5, 5.41) is 6.22. The highest BCUT2D eigenvalue weighted by molar-refractivity contribution is 14.0. The Kier molecular flexibility index (Phi) is 15.2. The van der Waals surface area contributed by atoms with E-state index in [1.54, 1.807) is 0 Å². The normalized spacial score (nSPS) is 11.7. The molecule has 0 fully saturated rings. The first-order valence-electron chi connectivity index (χ1n) is 8.59. The van der Waals surface area contributed by atoms with Crippen molar-refractivity contribution in [2.45, 2.75) is 26.3 Å². The minimum absolute atomic E-state index is 0. The number of hydrogen-bond acceptors (Lipinski definition) is 4. The second kappa shape index (κ2) is 15.5. The molecule has 26 heavy (non-hydrogen) atoms. The minimum atomic E-state index is -3.32. The smallest absolute Gasteiger partial charge is 0.213 e. The predicted molar refractivity (Wildman–Crippen MR) is 124 cm³/mol. The van der Waals surface area contributed by atoms with Gasteiger partial charge in [-0.05, 0) is 37.3 Å². The van der Waals surface area contributed by atoms with Crippen LogP contribution in [0.25, 0.3) is 0 Å². The lowest BCUT2D eigenvalue weighted by molar-refractivity contribution is 0.580. The number of hydrogen-bond donors (Lipinski definition) is 3. The van der Waals surface area contributed by atoms with Gasteiger partial charge in [0.05, 0.1) is 5.75 Å². The first-order valence-corrected chi connectivity index (χ1v) is 11.6. The highest BCUT2D eigenvalue weighted by atomic mass is 127. The summed E-state index contributed by atoms with van der Waals surface area (Å²) >= 11 is 1.84. The Balaban J connectivity index is 0.00000625. The number of guanidine groups is 1. The Labute approximate surface area is 179 Å². The van der Waals surface area contributed by atoms with Gasteiger partial charge in [-0.25, -0.2) is 13.1 Å². The molecule has 6 nitrogen and oxygen atoms in total. The molecule has 0 aromatic heterocycles. The SMILES string of the molecule is CCNC(=NCCCCSC)NCCS(=O)(=O)NCc1ccccc1.I. The number of nitrogens with one attached hydrogen (secondary N) is 3. The van der Waals surface area contributed by atoms with Gasteiger partial charge in [0.2, 0.25) is 10.0 Å². The van der Waals surface area contributed by atoms with E-state index in [1.807, 2.05) is 49.0 Å². The Morgan fingerprint density at radius 3 is 2.54 bits per heavy atom. The topological polar surface area (TPSA) is 82.6 Å². The third-order valence-electron chi connectivity index (χ3n) is 3.37. The van der Waals surface area contributed by atoms with Crippen LogP contribution in [0, 0.1) is 0 Å². The molecule has 0 saturated heterocycles. The van der Waals surface area contributed by atoms with Gasteiger partial charge in [-0.1, -0.05) is 30.3 Å². The number of sulfonamides is 1. The number of thioether (sulfide) groups is 1. The van der Waals surface area contributed by atoms with Crippen molar-refractivity contribution in [2.75, 3.05) is 37.4 Å². The Hall–Kier alpha value is -0.520. The fraction of sp³-hybridized carbons (Fsp3) is 0.588. The van der Waals surface area contributed by atoms with E-state index in [0.29, 0.717) is 19.0 Å². The molecular weight excluding hydrogens is 483 g/mol. The van der Waals surface area contributed by atoms with E-state index in [0.717, 1.165) is 37.2 Å². The van der Waals surface area contributed by atoms with Crippen molar-refractivity contribution in [2.24, 2.45) is 4.99 Å². The van der Waals surface area contributed by atoms with Crippen LogP contribution in [0.5, 0.6) is 0 Å². The number of aliphatic imine (C=N–C) groups is 1. The van der Waals surface area contributed by atoms with E-state index in [2.05, 4.69) is 26.6 Å². The molecule has 0 spiro atoms. The average molecular weight is 514 g/mol. The van der Waals surface area contributed by atoms with Crippen molar-refractivity contribution in [3.05, 3.63) is 35.9 Å². The van der Waals surface area contributed by atoms with Crippen LogP contribution in [0.4, 0.5) is 0 Å². The summed E-state index contributed by atoms with van der Waals surface area (Å²) in [4.78, 5) is 4.47. The van der Waals surface area contributed by atoms with Crippen molar-refractivity contribution in [1.29, 1.82) is 0 Å². The van der Waals surface area contributed by atoms with Crippen LogP contribution < -0.4 is 15.4 Å². The second-order valence-electron chi connectivity index (χ2n) is 5.51. The zero-order chi connectivity index (χ0) is 18.4. The Bertz CT molecular complexity index is 598. The quantitative estimate of drug-likeness (QED) is 0.173. The Morgan fingerprint density at radius 1 is 1.15 bits per heavy atom. The van der Waals surface area contributed by atoms with Crippen LogP contribution in [-0.4, -0.2) is 51.8 Å². The standard InChI is InChI=1S/C17H30N4O2S2.HI/c1-3-18-17(19-11-7-8-13-24-2)20-12-14-25(22,23)21-15-16-9-5-4-6-10-16;/h4-6,9-10,21H,3,7-8,11-15H2,1-2H3,(H2,18,19,20);1H. The largest absolute Gasteiger partial charge is 0.357 e. The molecule has 1 rings (SSSR count). The number of halogens is 1. The summed E-state index contributed by atoms with van der Waals surface area (Å²) in [6.07, 6.45) is 4.28. The molecule has 0 heterocycles. The first-order chi connectivity index (χ1) is 12.1. The molecule has 1 aromatic rings. The lowest BCUT2D eigenvalue weighted by Gasteiger charge is -2.12. The molecule has 0 unspecified atom stereocenters. The third-order valence-corrected chi connectivity index (χ3v) is 5.40. The molecule has 9 heteroatoms. The molecule has 1 aromatic carbocycles. The highest BCUT2D eigenvalue weighted by Gasteiger charge is 2.10. The maximum Gasteiger partial charge on any atom is 0.213 e. The van der Waals surface area contributed by atoms with Crippen molar-refractivity contribution in [3.8, 4) is 0 Å². The lowest BCUT2D eigenvalue weighted by atomic mass is 10.2. The molecule has 0 aliphatic carbocycles. The van der Waals surface area contributed by atoms with Crippen molar-refractivity contribution in [1.82, 2.24) is 15.4 Å². The summed E-state index contributed by atoms with van der Waals surface area (Å²) < 4.78 is 26.7. The van der Waals surface area contributed by atoms with Gasteiger partial charge in [0.1, 0.15) is 0 Å². The lowest BCUT2D eigenvalue weighted by Crippen LogP contribution is -2.41. The van der Waals surface area contributed by atoms with Gasteiger partial charge in [0.25, 0.3) is 0 Å². The van der Waals surface area contributed by atoms with Gasteiger partial charge in [-0.3, -0.25) is 4.99 Å². The van der Waals surface area contributed by atoms with Gasteiger partial charge in [0.15, 0.2) is 5.96 Å². The number of rotatable bonds is 12. The van der Waals surface area contributed by atoms with Gasteiger partial charge < -0.3 is 10.6 Å². The molecule has 0 amide bonds. The number of benzene rings is 1. The minimum Gasteiger partial charge on any atom is -0.357 e. The van der Waals surface area contributed by atoms with E-state index in [4.69, 9.17) is 0 Å². The maximum absolute atomic E-state index is 12.1. The summed E-state index contributed by atoms with van der Waals surface area (Å²) in [6.45, 7) is 4.11. The summed E-state index contributed by atoms with van der Waals surface area (Å²) in [5.41, 5.74) is 0.944. The van der Waals surface area contributed by atoms with Crippen molar-refractivity contribution >= 4 is 51.7 Å². The van der Waals surface area contributed by atoms with Crippen LogP contribution in [-0.2, 0) is 16.6 Å². The van der Waals surface area contributed by atoms with E-state index >= 15 is 0 Å². The molecule has 0 bridgehead atoms. The monoisotopic (exact) mass is 514 g/mol. The predicted octanol–water partition coefficient (Wildman–Crippen LogP) is 2.42. The first kappa shape index (κ1) is 25.5. The molecule has 3 N–H and O–H groups in total. The van der Waals surface area contributed by atoms with Crippen LogP contribution in [0.1, 0.15) is 25.3 Å². The van der Waals surface area contributed by atoms with Crippen molar-refractivity contribution < 1.29 is 8.42 Å². The average Bonchev–Trinajstić information content (AvgIpc) is 2.60. The van der Waals surface area contributed by atoms with Crippen molar-refractivity contribution in [3.63, 3.8) is 0 Å². The summed E-state index contributed by atoms with van der Waals surface area (Å²) in [6, 6.07) is 9.49. The fourth-order valence-corrected chi connectivity index (χ4v) is 3.45. The van der Waals surface area contributed by atoms with Gasteiger partial charge in [0, 0.05) is 26.2 Å².